The van der Waals surface area contributed by atoms with Gasteiger partial charge in [0.1, 0.15) is 5.69 Å². The average molecular weight is 297 g/mol. The summed E-state index contributed by atoms with van der Waals surface area (Å²) in [6.07, 6.45) is 4.96. The summed E-state index contributed by atoms with van der Waals surface area (Å²) in [6, 6.07) is 13.8. The summed E-state index contributed by atoms with van der Waals surface area (Å²) < 4.78 is 0. The monoisotopic (exact) mass is 297 g/mol. The normalized spacial score (nSPS) is 10.3. The molecule has 0 spiro atoms. The van der Waals surface area contributed by atoms with Gasteiger partial charge in [-0.15, -0.1) is 0 Å². The van der Waals surface area contributed by atoms with E-state index in [0.29, 0.717) is 12.2 Å². The number of nitrogens with zero attached hydrogens (tertiary/aromatic N) is 2. The van der Waals surface area contributed by atoms with Gasteiger partial charge in [-0.3, -0.25) is 9.78 Å². The van der Waals surface area contributed by atoms with Gasteiger partial charge in [-0.25, -0.2) is 0 Å². The third kappa shape index (κ3) is 4.32. The number of benzene rings is 1. The summed E-state index contributed by atoms with van der Waals surface area (Å²) in [5.74, 6) is -0.112. The number of hydrogen-bond donors (Lipinski definition) is 1. The van der Waals surface area contributed by atoms with Crippen LogP contribution in [0, 0.1) is 0 Å². The quantitative estimate of drug-likeness (QED) is 0.791. The first-order chi connectivity index (χ1) is 10.7. The summed E-state index contributed by atoms with van der Waals surface area (Å²) >= 11 is 0. The van der Waals surface area contributed by atoms with Gasteiger partial charge in [-0.05, 0) is 30.7 Å². The summed E-state index contributed by atoms with van der Waals surface area (Å²) in [6.45, 7) is 2.85. The zero-order valence-corrected chi connectivity index (χ0v) is 13.2. The molecular formula is C18H23N3O. The van der Waals surface area contributed by atoms with Gasteiger partial charge < -0.3 is 10.2 Å². The average Bonchev–Trinajstić information content (AvgIpc) is 2.59. The van der Waals surface area contributed by atoms with Crippen LogP contribution in [0.3, 0.4) is 0 Å². The van der Waals surface area contributed by atoms with Crippen molar-refractivity contribution in [2.45, 2.75) is 26.2 Å². The van der Waals surface area contributed by atoms with Crippen LogP contribution in [0.25, 0.3) is 0 Å². The van der Waals surface area contributed by atoms with Gasteiger partial charge >= 0.3 is 0 Å². The van der Waals surface area contributed by atoms with Crippen molar-refractivity contribution in [1.29, 1.82) is 0 Å². The second-order valence-electron chi connectivity index (χ2n) is 5.26. The Balaban J connectivity index is 2.05. The molecule has 22 heavy (non-hydrogen) atoms. The molecule has 2 rings (SSSR count). The summed E-state index contributed by atoms with van der Waals surface area (Å²) in [4.78, 5) is 18.3. The van der Waals surface area contributed by atoms with Crippen LogP contribution in [0.15, 0.2) is 48.7 Å². The molecule has 1 heterocycles. The minimum atomic E-state index is -0.112. The highest BCUT2D eigenvalue weighted by atomic mass is 16.1. The second-order valence-corrected chi connectivity index (χ2v) is 5.26. The van der Waals surface area contributed by atoms with Gasteiger partial charge in [0.2, 0.25) is 0 Å². The van der Waals surface area contributed by atoms with Crippen molar-refractivity contribution in [2.24, 2.45) is 0 Å². The number of amides is 1. The van der Waals surface area contributed by atoms with Crippen molar-refractivity contribution < 1.29 is 4.79 Å². The molecule has 0 aliphatic carbocycles. The standard InChI is InChI=1S/C18H23N3O/c1-3-4-8-12-20-18(22)17-14-16(11-13-19-17)21(2)15-9-6-5-7-10-15/h5-7,9-11,13-14H,3-4,8,12H2,1-2H3,(H,20,22). The van der Waals surface area contributed by atoms with Crippen LogP contribution in [-0.4, -0.2) is 24.5 Å². The fourth-order valence-corrected chi connectivity index (χ4v) is 2.22. The first-order valence-corrected chi connectivity index (χ1v) is 7.75. The Bertz CT molecular complexity index is 598. The lowest BCUT2D eigenvalue weighted by molar-refractivity contribution is 0.0948. The zero-order chi connectivity index (χ0) is 15.8. The number of carbonyl (C=O) groups excluding carboxylic acids is 1. The Labute approximate surface area is 132 Å². The molecule has 1 amide bonds. The van der Waals surface area contributed by atoms with E-state index < -0.39 is 0 Å². The van der Waals surface area contributed by atoms with E-state index in [4.69, 9.17) is 0 Å². The van der Waals surface area contributed by atoms with Crippen molar-refractivity contribution in [1.82, 2.24) is 10.3 Å². The molecule has 2 aromatic rings. The van der Waals surface area contributed by atoms with Crippen LogP contribution in [-0.2, 0) is 0 Å². The minimum Gasteiger partial charge on any atom is -0.351 e. The molecule has 0 saturated heterocycles. The smallest absolute Gasteiger partial charge is 0.269 e. The maximum absolute atomic E-state index is 12.1. The number of para-hydroxylation sites is 1. The van der Waals surface area contributed by atoms with E-state index in [1.165, 1.54) is 0 Å². The molecule has 1 N–H and O–H groups in total. The number of rotatable bonds is 7. The SMILES string of the molecule is CCCCCNC(=O)c1cc(N(C)c2ccccc2)ccn1. The van der Waals surface area contributed by atoms with Crippen molar-refractivity contribution in [3.63, 3.8) is 0 Å². The molecule has 1 aromatic heterocycles. The molecule has 116 valence electrons. The Morgan fingerprint density at radius 1 is 1.14 bits per heavy atom. The number of aromatic nitrogens is 1. The summed E-state index contributed by atoms with van der Waals surface area (Å²) in [5, 5.41) is 2.92. The summed E-state index contributed by atoms with van der Waals surface area (Å²) in [5.41, 5.74) is 2.47. The van der Waals surface area contributed by atoms with E-state index in [2.05, 4.69) is 17.2 Å². The van der Waals surface area contributed by atoms with E-state index in [0.717, 1.165) is 30.6 Å². The highest BCUT2D eigenvalue weighted by molar-refractivity contribution is 5.93. The fourth-order valence-electron chi connectivity index (χ4n) is 2.22. The van der Waals surface area contributed by atoms with Crippen LogP contribution < -0.4 is 10.2 Å². The molecule has 0 atom stereocenters. The predicted molar refractivity (Wildman–Crippen MR) is 90.6 cm³/mol. The molecule has 0 aliphatic heterocycles. The van der Waals surface area contributed by atoms with Gasteiger partial charge in [-0.1, -0.05) is 38.0 Å². The molecule has 0 bridgehead atoms. The minimum absolute atomic E-state index is 0.112. The molecule has 0 radical (unpaired) electrons. The van der Waals surface area contributed by atoms with Crippen molar-refractivity contribution >= 4 is 17.3 Å². The Hall–Kier alpha value is -2.36. The number of carbonyl (C=O) groups is 1. The van der Waals surface area contributed by atoms with Crippen LogP contribution in [0.5, 0.6) is 0 Å². The van der Waals surface area contributed by atoms with E-state index >= 15 is 0 Å². The fraction of sp³-hybridized carbons (Fsp3) is 0.333. The molecule has 0 aliphatic rings. The predicted octanol–water partition coefficient (Wildman–Crippen LogP) is 3.77. The molecule has 0 fully saturated rings. The van der Waals surface area contributed by atoms with E-state index in [1.54, 1.807) is 6.20 Å². The third-order valence-corrected chi connectivity index (χ3v) is 3.57. The number of hydrogen-bond acceptors (Lipinski definition) is 3. The van der Waals surface area contributed by atoms with E-state index in [-0.39, 0.29) is 5.91 Å². The molecule has 1 aromatic carbocycles. The lowest BCUT2D eigenvalue weighted by Gasteiger charge is -2.19. The van der Waals surface area contributed by atoms with Gasteiger partial charge in [0.15, 0.2) is 0 Å². The highest BCUT2D eigenvalue weighted by Gasteiger charge is 2.10. The maximum Gasteiger partial charge on any atom is 0.269 e. The van der Waals surface area contributed by atoms with Gasteiger partial charge in [-0.2, -0.15) is 0 Å². The number of pyridine rings is 1. The number of nitrogens with one attached hydrogen (secondary N) is 1. The first kappa shape index (κ1) is 16.0. The Morgan fingerprint density at radius 3 is 2.64 bits per heavy atom. The molecular weight excluding hydrogens is 274 g/mol. The van der Waals surface area contributed by atoms with Gasteiger partial charge in [0, 0.05) is 31.2 Å². The molecule has 0 saturated carbocycles. The number of unbranched alkanes of at least 4 members (excludes halogenated alkanes) is 2. The lowest BCUT2D eigenvalue weighted by atomic mass is 10.2. The Morgan fingerprint density at radius 2 is 1.91 bits per heavy atom. The molecule has 4 heteroatoms. The van der Waals surface area contributed by atoms with Crippen LogP contribution in [0.2, 0.25) is 0 Å². The van der Waals surface area contributed by atoms with Gasteiger partial charge in [0.25, 0.3) is 5.91 Å². The lowest BCUT2D eigenvalue weighted by Crippen LogP contribution is -2.25. The first-order valence-electron chi connectivity index (χ1n) is 7.75. The molecule has 4 nitrogen and oxygen atoms in total. The van der Waals surface area contributed by atoms with Crippen molar-refractivity contribution in [2.75, 3.05) is 18.5 Å². The van der Waals surface area contributed by atoms with Crippen molar-refractivity contribution in [3.8, 4) is 0 Å². The Kier molecular flexibility index (Phi) is 5.95. The van der Waals surface area contributed by atoms with E-state index in [9.17, 15) is 4.79 Å². The van der Waals surface area contributed by atoms with Crippen LogP contribution in [0.4, 0.5) is 11.4 Å². The maximum atomic E-state index is 12.1. The topological polar surface area (TPSA) is 45.2 Å². The van der Waals surface area contributed by atoms with Crippen LogP contribution >= 0.6 is 0 Å². The van der Waals surface area contributed by atoms with Crippen LogP contribution in [0.1, 0.15) is 36.7 Å². The molecule has 0 unspecified atom stereocenters. The number of anilines is 2. The largest absolute Gasteiger partial charge is 0.351 e. The third-order valence-electron chi connectivity index (χ3n) is 3.57. The zero-order valence-electron chi connectivity index (χ0n) is 13.2. The van der Waals surface area contributed by atoms with Gasteiger partial charge in [0.05, 0.1) is 0 Å². The summed E-state index contributed by atoms with van der Waals surface area (Å²) in [7, 11) is 1.98. The van der Waals surface area contributed by atoms with E-state index in [1.807, 2.05) is 54.4 Å². The van der Waals surface area contributed by atoms with Crippen molar-refractivity contribution in [3.05, 3.63) is 54.4 Å². The highest BCUT2D eigenvalue weighted by Crippen LogP contribution is 2.22. The second kappa shape index (κ2) is 8.17.